The van der Waals surface area contributed by atoms with Gasteiger partial charge in [0.1, 0.15) is 4.60 Å². The second-order valence-corrected chi connectivity index (χ2v) is 4.79. The number of nitrogens with one attached hydrogen (secondary N) is 1. The number of carbonyl (C=O) groups is 1. The lowest BCUT2D eigenvalue weighted by Crippen LogP contribution is -2.21. The summed E-state index contributed by atoms with van der Waals surface area (Å²) in [6.45, 7) is 1.95. The minimum absolute atomic E-state index is 0.886. The first kappa shape index (κ1) is 17.4. The highest BCUT2D eigenvalue weighted by Gasteiger charge is 2.38. The Balaban J connectivity index is 0.000000270. The molecule has 0 radical (unpaired) electrons. The molecule has 0 fully saturated rings. The van der Waals surface area contributed by atoms with Gasteiger partial charge < -0.3 is 15.0 Å². The van der Waals surface area contributed by atoms with Crippen molar-refractivity contribution in [2.75, 3.05) is 13.6 Å². The summed E-state index contributed by atoms with van der Waals surface area (Å²) in [4.78, 5) is 13.1. The summed E-state index contributed by atoms with van der Waals surface area (Å²) in [7, 11) is 1.96. The molecular weight excluding hydrogens is 355 g/mol. The van der Waals surface area contributed by atoms with Crippen LogP contribution in [0.15, 0.2) is 29.1 Å². The van der Waals surface area contributed by atoms with Gasteiger partial charge in [-0.25, -0.2) is 9.78 Å². The van der Waals surface area contributed by atoms with Gasteiger partial charge in [-0.15, -0.1) is 0 Å². The Morgan fingerprint density at radius 2 is 2.14 bits per heavy atom. The molecule has 0 aliphatic heterocycles. The number of aromatic nitrogens is 2. The van der Waals surface area contributed by atoms with Crippen molar-refractivity contribution < 1.29 is 23.1 Å². The molecular formula is C12H13BrF3N3O2. The average Bonchev–Trinajstić information content (AvgIpc) is 2.78. The van der Waals surface area contributed by atoms with E-state index >= 15 is 0 Å². The second kappa shape index (κ2) is 7.41. The Bertz CT molecular complexity index is 613. The molecule has 0 aliphatic rings. The predicted molar refractivity (Wildman–Crippen MR) is 75.1 cm³/mol. The molecule has 0 bridgehead atoms. The van der Waals surface area contributed by atoms with E-state index in [2.05, 4.69) is 43.1 Å². The molecule has 0 spiro atoms. The fraction of sp³-hybridized carbons (Fsp3) is 0.333. The van der Waals surface area contributed by atoms with Crippen LogP contribution in [0.5, 0.6) is 0 Å². The highest BCUT2D eigenvalue weighted by Crippen LogP contribution is 2.18. The number of nitrogens with zero attached hydrogens (tertiary/aromatic N) is 2. The zero-order chi connectivity index (χ0) is 16.0. The van der Waals surface area contributed by atoms with Crippen molar-refractivity contribution in [2.24, 2.45) is 0 Å². The number of hydrogen-bond acceptors (Lipinski definition) is 3. The largest absolute Gasteiger partial charge is 0.490 e. The van der Waals surface area contributed by atoms with Crippen LogP contribution < -0.4 is 5.32 Å². The average molecular weight is 368 g/mol. The van der Waals surface area contributed by atoms with E-state index in [1.807, 2.05) is 19.3 Å². The summed E-state index contributed by atoms with van der Waals surface area (Å²) in [5.74, 6) is -2.76. The molecule has 0 amide bonds. The van der Waals surface area contributed by atoms with Gasteiger partial charge in [0.15, 0.2) is 0 Å². The smallest absolute Gasteiger partial charge is 0.475 e. The monoisotopic (exact) mass is 367 g/mol. The lowest BCUT2D eigenvalue weighted by atomic mass is 10.3. The summed E-state index contributed by atoms with van der Waals surface area (Å²) in [5.41, 5.74) is 1.18. The van der Waals surface area contributed by atoms with Crippen molar-refractivity contribution in [3.63, 3.8) is 0 Å². The van der Waals surface area contributed by atoms with Crippen molar-refractivity contribution in [3.05, 3.63) is 29.1 Å². The van der Waals surface area contributed by atoms with Crippen LogP contribution in [0, 0.1) is 0 Å². The number of carboxylic acids is 1. The Kier molecular flexibility index (Phi) is 6.16. The summed E-state index contributed by atoms with van der Waals surface area (Å²) >= 11 is 3.36. The van der Waals surface area contributed by atoms with E-state index in [1.165, 1.54) is 10.9 Å². The van der Waals surface area contributed by atoms with E-state index in [9.17, 15) is 13.2 Å². The Hall–Kier alpha value is -1.61. The zero-order valence-electron chi connectivity index (χ0n) is 11.0. The summed E-state index contributed by atoms with van der Waals surface area (Å²) in [6, 6.07) is 4.14. The summed E-state index contributed by atoms with van der Waals surface area (Å²) < 4.78 is 34.8. The molecule has 5 nitrogen and oxygen atoms in total. The molecule has 2 rings (SSSR count). The van der Waals surface area contributed by atoms with Crippen LogP contribution in [0.25, 0.3) is 10.9 Å². The quantitative estimate of drug-likeness (QED) is 0.818. The van der Waals surface area contributed by atoms with E-state index in [0.717, 1.165) is 17.7 Å². The Morgan fingerprint density at radius 3 is 2.67 bits per heavy atom. The van der Waals surface area contributed by atoms with E-state index in [-0.39, 0.29) is 0 Å². The predicted octanol–water partition coefficient (Wildman–Crippen LogP) is 2.65. The normalized spacial score (nSPS) is 11.1. The van der Waals surface area contributed by atoms with Gasteiger partial charge >= 0.3 is 12.1 Å². The van der Waals surface area contributed by atoms with Crippen molar-refractivity contribution in [1.29, 1.82) is 0 Å². The molecule has 2 aromatic rings. The molecule has 2 heterocycles. The highest BCUT2D eigenvalue weighted by atomic mass is 79.9. The molecule has 0 atom stereocenters. The number of rotatable bonds is 3. The SMILES string of the molecule is CNCCn1ccc2cc(Br)ncc21.O=C(O)C(F)(F)F. The van der Waals surface area contributed by atoms with Crippen LogP contribution in [0.3, 0.4) is 0 Å². The van der Waals surface area contributed by atoms with Crippen molar-refractivity contribution in [1.82, 2.24) is 14.9 Å². The van der Waals surface area contributed by atoms with E-state index < -0.39 is 12.1 Å². The minimum atomic E-state index is -5.08. The van der Waals surface area contributed by atoms with Crippen molar-refractivity contribution in [3.8, 4) is 0 Å². The highest BCUT2D eigenvalue weighted by molar-refractivity contribution is 9.10. The molecule has 0 unspecified atom stereocenters. The molecule has 0 aromatic carbocycles. The molecule has 2 N–H and O–H groups in total. The lowest BCUT2D eigenvalue weighted by Gasteiger charge is -2.03. The fourth-order valence-corrected chi connectivity index (χ4v) is 1.84. The van der Waals surface area contributed by atoms with Gasteiger partial charge in [0.05, 0.1) is 11.7 Å². The van der Waals surface area contributed by atoms with Gasteiger partial charge in [-0.05, 0) is 35.1 Å². The van der Waals surface area contributed by atoms with Crippen LogP contribution >= 0.6 is 15.9 Å². The van der Waals surface area contributed by atoms with Crippen LogP contribution in [0.1, 0.15) is 0 Å². The molecule has 0 saturated carbocycles. The maximum atomic E-state index is 10.6. The molecule has 2 aromatic heterocycles. The first-order valence-electron chi connectivity index (χ1n) is 5.81. The number of pyridine rings is 1. The number of likely N-dealkylation sites (N-methyl/N-ethyl adjacent to an activating group) is 1. The molecule has 0 aliphatic carbocycles. The topological polar surface area (TPSA) is 67.2 Å². The van der Waals surface area contributed by atoms with E-state index in [4.69, 9.17) is 9.90 Å². The third-order valence-corrected chi connectivity index (χ3v) is 2.90. The number of fused-ring (bicyclic) bond motifs is 1. The molecule has 0 saturated heterocycles. The van der Waals surface area contributed by atoms with E-state index in [0.29, 0.717) is 0 Å². The van der Waals surface area contributed by atoms with Crippen molar-refractivity contribution in [2.45, 2.75) is 12.7 Å². The number of halogens is 4. The molecule has 9 heteroatoms. The van der Waals surface area contributed by atoms with Crippen LogP contribution in [0.2, 0.25) is 0 Å². The van der Waals surface area contributed by atoms with E-state index in [1.54, 1.807) is 0 Å². The standard InChI is InChI=1S/C10H12BrN3.C2HF3O2/c1-12-3-5-14-4-2-8-6-10(11)13-7-9(8)14;3-2(4,5)1(6)7/h2,4,6-7,12H,3,5H2,1H3;(H,6,7). The van der Waals surface area contributed by atoms with Gasteiger partial charge in [0.25, 0.3) is 0 Å². The second-order valence-electron chi connectivity index (χ2n) is 3.98. The van der Waals surface area contributed by atoms with Crippen molar-refractivity contribution >= 4 is 32.8 Å². The summed E-state index contributed by atoms with van der Waals surface area (Å²) in [5, 5.41) is 11.5. The number of carboxylic acid groups (broad SMARTS) is 1. The lowest BCUT2D eigenvalue weighted by molar-refractivity contribution is -0.192. The van der Waals surface area contributed by atoms with Gasteiger partial charge in [0.2, 0.25) is 0 Å². The first-order chi connectivity index (χ1) is 9.75. The maximum absolute atomic E-state index is 10.6. The van der Waals surface area contributed by atoms with Crippen LogP contribution in [0.4, 0.5) is 13.2 Å². The minimum Gasteiger partial charge on any atom is -0.475 e. The third kappa shape index (κ3) is 5.35. The van der Waals surface area contributed by atoms with Gasteiger partial charge in [-0.1, -0.05) is 0 Å². The van der Waals surface area contributed by atoms with Gasteiger partial charge in [-0.3, -0.25) is 0 Å². The molecule has 21 heavy (non-hydrogen) atoms. The van der Waals surface area contributed by atoms with Gasteiger partial charge in [-0.2, -0.15) is 13.2 Å². The Labute approximate surface area is 126 Å². The number of aliphatic carboxylic acids is 1. The number of alkyl halides is 3. The first-order valence-corrected chi connectivity index (χ1v) is 6.60. The zero-order valence-corrected chi connectivity index (χ0v) is 12.6. The summed E-state index contributed by atoms with van der Waals surface area (Å²) in [6.07, 6.45) is -1.09. The van der Waals surface area contributed by atoms with Crippen LogP contribution in [-0.2, 0) is 11.3 Å². The third-order valence-electron chi connectivity index (χ3n) is 2.47. The van der Waals surface area contributed by atoms with Gasteiger partial charge in [0, 0.05) is 24.7 Å². The number of hydrogen-bond donors (Lipinski definition) is 2. The van der Waals surface area contributed by atoms with Crippen LogP contribution in [-0.4, -0.2) is 40.4 Å². The maximum Gasteiger partial charge on any atom is 0.490 e. The fourth-order valence-electron chi connectivity index (χ4n) is 1.49. The molecule has 116 valence electrons. The Morgan fingerprint density at radius 1 is 1.52 bits per heavy atom.